The van der Waals surface area contributed by atoms with Crippen molar-refractivity contribution in [2.75, 3.05) is 18.5 Å². The Morgan fingerprint density at radius 2 is 1.87 bits per heavy atom. The first-order valence-electron chi connectivity index (χ1n) is 10.2. The van der Waals surface area contributed by atoms with E-state index in [1.807, 2.05) is 51.2 Å². The molecule has 7 heteroatoms. The van der Waals surface area contributed by atoms with Gasteiger partial charge in [0.05, 0.1) is 5.69 Å². The van der Waals surface area contributed by atoms with Crippen LogP contribution in [0.25, 0.3) is 0 Å². The Balaban J connectivity index is 1.79. The summed E-state index contributed by atoms with van der Waals surface area (Å²) in [6.45, 7) is 5.54. The summed E-state index contributed by atoms with van der Waals surface area (Å²) >= 11 is 12.8. The van der Waals surface area contributed by atoms with E-state index in [-0.39, 0.29) is 17.9 Å². The zero-order valence-electron chi connectivity index (χ0n) is 17.3. The van der Waals surface area contributed by atoms with Gasteiger partial charge in [0.15, 0.2) is 0 Å². The summed E-state index contributed by atoms with van der Waals surface area (Å²) in [6.07, 6.45) is 0.615. The van der Waals surface area contributed by atoms with Gasteiger partial charge in [0.2, 0.25) is 0 Å². The lowest BCUT2D eigenvalue weighted by atomic mass is 9.83. The quantitative estimate of drug-likeness (QED) is 0.670. The second-order valence-corrected chi connectivity index (χ2v) is 9.41. The van der Waals surface area contributed by atoms with Gasteiger partial charge in [-0.15, -0.1) is 0 Å². The fourth-order valence-electron chi connectivity index (χ4n) is 4.49. The largest absolute Gasteiger partial charge is 0.329 e. The number of benzene rings is 2. The SMILES string of the molecule is CC(C)CC1NC(=O)N(c2ccccc2C2CN(C)Cc3c(Cl)cc(Cl)cc32)C1=O. The summed E-state index contributed by atoms with van der Waals surface area (Å²) in [6, 6.07) is 10.5. The van der Waals surface area contributed by atoms with Gasteiger partial charge in [-0.3, -0.25) is 4.79 Å². The van der Waals surface area contributed by atoms with Crippen molar-refractivity contribution in [1.82, 2.24) is 10.2 Å². The smallest absolute Gasteiger partial charge is 0.325 e. The number of urea groups is 1. The van der Waals surface area contributed by atoms with E-state index in [1.54, 1.807) is 6.07 Å². The minimum atomic E-state index is -0.490. The molecule has 0 spiro atoms. The molecule has 158 valence electrons. The van der Waals surface area contributed by atoms with Crippen LogP contribution in [0, 0.1) is 5.92 Å². The minimum Gasteiger partial charge on any atom is -0.325 e. The van der Waals surface area contributed by atoms with Gasteiger partial charge in [-0.25, -0.2) is 9.69 Å². The Morgan fingerprint density at radius 3 is 2.60 bits per heavy atom. The van der Waals surface area contributed by atoms with Crippen LogP contribution in [0.1, 0.15) is 42.9 Å². The Morgan fingerprint density at radius 1 is 1.13 bits per heavy atom. The summed E-state index contributed by atoms with van der Waals surface area (Å²) in [4.78, 5) is 29.4. The van der Waals surface area contributed by atoms with Crippen LogP contribution >= 0.6 is 23.2 Å². The van der Waals surface area contributed by atoms with Crippen molar-refractivity contribution in [1.29, 1.82) is 0 Å². The molecule has 2 aliphatic heterocycles. The number of fused-ring (bicyclic) bond motifs is 1. The molecule has 5 nitrogen and oxygen atoms in total. The Bertz CT molecular complexity index is 1010. The molecule has 4 rings (SSSR count). The number of amides is 3. The standard InChI is InChI=1S/C23H25Cl2N3O2/c1-13(2)8-20-22(29)28(23(30)26-20)21-7-5-4-6-15(21)17-11-27(3)12-18-16(17)9-14(24)10-19(18)25/h4-7,9-10,13,17,20H,8,11-12H2,1-3H3,(H,26,30). The predicted octanol–water partition coefficient (Wildman–Crippen LogP) is 5.04. The number of likely N-dealkylation sites (N-methyl/N-ethyl adjacent to an activating group) is 1. The van der Waals surface area contributed by atoms with Gasteiger partial charge in [0.25, 0.3) is 5.91 Å². The third kappa shape index (κ3) is 3.82. The van der Waals surface area contributed by atoms with E-state index in [1.165, 1.54) is 4.90 Å². The van der Waals surface area contributed by atoms with Crippen molar-refractivity contribution >= 4 is 40.8 Å². The number of nitrogens with one attached hydrogen (secondary N) is 1. The van der Waals surface area contributed by atoms with Crippen LogP contribution < -0.4 is 10.2 Å². The maximum absolute atomic E-state index is 13.1. The highest BCUT2D eigenvalue weighted by atomic mass is 35.5. The topological polar surface area (TPSA) is 52.7 Å². The molecule has 2 atom stereocenters. The molecule has 0 aliphatic carbocycles. The molecular formula is C23H25Cl2N3O2. The maximum atomic E-state index is 13.1. The molecule has 2 unspecified atom stereocenters. The monoisotopic (exact) mass is 445 g/mol. The number of carbonyl (C=O) groups excluding carboxylic acids is 2. The van der Waals surface area contributed by atoms with E-state index in [4.69, 9.17) is 23.2 Å². The van der Waals surface area contributed by atoms with Gasteiger partial charge in [0, 0.05) is 29.1 Å². The molecule has 0 saturated carbocycles. The first kappa shape index (κ1) is 21.2. The third-order valence-corrected chi connectivity index (χ3v) is 6.33. The molecule has 2 aromatic rings. The van der Waals surface area contributed by atoms with E-state index in [2.05, 4.69) is 10.2 Å². The van der Waals surface area contributed by atoms with Gasteiger partial charge in [0.1, 0.15) is 6.04 Å². The van der Waals surface area contributed by atoms with Gasteiger partial charge in [-0.2, -0.15) is 0 Å². The molecule has 1 saturated heterocycles. The second-order valence-electron chi connectivity index (χ2n) is 8.57. The van der Waals surface area contributed by atoms with Crippen LogP contribution in [0.5, 0.6) is 0 Å². The number of imide groups is 1. The molecule has 2 heterocycles. The van der Waals surface area contributed by atoms with Gasteiger partial charge in [-0.05, 0) is 54.3 Å². The highest BCUT2D eigenvalue weighted by molar-refractivity contribution is 6.35. The lowest BCUT2D eigenvalue weighted by Gasteiger charge is -2.35. The molecule has 0 bridgehead atoms. The van der Waals surface area contributed by atoms with Crippen LogP contribution in [0.15, 0.2) is 36.4 Å². The van der Waals surface area contributed by atoms with E-state index >= 15 is 0 Å². The number of halogens is 2. The lowest BCUT2D eigenvalue weighted by Crippen LogP contribution is -2.35. The normalized spacial score (nSPS) is 21.9. The van der Waals surface area contributed by atoms with Crippen molar-refractivity contribution in [2.45, 2.75) is 38.8 Å². The molecule has 1 N–H and O–H groups in total. The van der Waals surface area contributed by atoms with E-state index < -0.39 is 6.04 Å². The number of hydrogen-bond donors (Lipinski definition) is 1. The van der Waals surface area contributed by atoms with Crippen LogP contribution in [0.4, 0.5) is 10.5 Å². The number of para-hydroxylation sites is 1. The predicted molar refractivity (Wildman–Crippen MR) is 120 cm³/mol. The van der Waals surface area contributed by atoms with E-state index in [0.29, 0.717) is 28.1 Å². The van der Waals surface area contributed by atoms with Crippen molar-refractivity contribution in [3.63, 3.8) is 0 Å². The van der Waals surface area contributed by atoms with E-state index in [0.717, 1.165) is 29.8 Å². The first-order chi connectivity index (χ1) is 14.3. The lowest BCUT2D eigenvalue weighted by molar-refractivity contribution is -0.118. The fraction of sp³-hybridized carbons (Fsp3) is 0.391. The van der Waals surface area contributed by atoms with Crippen LogP contribution in [-0.4, -0.2) is 36.5 Å². The number of anilines is 1. The van der Waals surface area contributed by atoms with Crippen molar-refractivity contribution in [2.24, 2.45) is 5.92 Å². The highest BCUT2D eigenvalue weighted by Crippen LogP contribution is 2.41. The molecule has 1 fully saturated rings. The first-order valence-corrected chi connectivity index (χ1v) is 10.9. The summed E-state index contributed by atoms with van der Waals surface area (Å²) in [5.41, 5.74) is 3.61. The molecule has 2 aromatic carbocycles. The van der Waals surface area contributed by atoms with Gasteiger partial charge >= 0.3 is 6.03 Å². The second kappa shape index (κ2) is 8.22. The Labute approximate surface area is 186 Å². The van der Waals surface area contributed by atoms with Crippen molar-refractivity contribution < 1.29 is 9.59 Å². The zero-order chi connectivity index (χ0) is 21.6. The number of hydrogen-bond acceptors (Lipinski definition) is 3. The number of nitrogens with zero attached hydrogens (tertiary/aromatic N) is 2. The molecule has 2 aliphatic rings. The van der Waals surface area contributed by atoms with Crippen molar-refractivity contribution in [3.05, 3.63) is 63.1 Å². The summed E-state index contributed by atoms with van der Waals surface area (Å²) in [5.74, 6) is 0.0446. The summed E-state index contributed by atoms with van der Waals surface area (Å²) in [5, 5.41) is 4.06. The molecule has 30 heavy (non-hydrogen) atoms. The fourth-order valence-corrected chi connectivity index (χ4v) is 5.06. The summed E-state index contributed by atoms with van der Waals surface area (Å²) < 4.78 is 0. The molecule has 0 aromatic heterocycles. The van der Waals surface area contributed by atoms with Gasteiger partial charge < -0.3 is 10.2 Å². The average Bonchev–Trinajstić information content (AvgIpc) is 2.94. The molecule has 0 radical (unpaired) electrons. The third-order valence-electron chi connectivity index (χ3n) is 5.77. The van der Waals surface area contributed by atoms with Crippen LogP contribution in [0.3, 0.4) is 0 Å². The number of carbonyl (C=O) groups is 2. The van der Waals surface area contributed by atoms with Gasteiger partial charge in [-0.1, -0.05) is 55.2 Å². The average molecular weight is 446 g/mol. The summed E-state index contributed by atoms with van der Waals surface area (Å²) in [7, 11) is 2.04. The zero-order valence-corrected chi connectivity index (χ0v) is 18.8. The Kier molecular flexibility index (Phi) is 5.80. The number of rotatable bonds is 4. The molecule has 3 amide bonds. The van der Waals surface area contributed by atoms with Crippen molar-refractivity contribution in [3.8, 4) is 0 Å². The van der Waals surface area contributed by atoms with Crippen LogP contribution in [0.2, 0.25) is 10.0 Å². The highest BCUT2D eigenvalue weighted by Gasteiger charge is 2.41. The molecular weight excluding hydrogens is 421 g/mol. The maximum Gasteiger partial charge on any atom is 0.329 e. The minimum absolute atomic E-state index is 0.0594. The van der Waals surface area contributed by atoms with Crippen LogP contribution in [-0.2, 0) is 11.3 Å². The Hall–Kier alpha value is -2.08. The van der Waals surface area contributed by atoms with E-state index in [9.17, 15) is 9.59 Å².